The van der Waals surface area contributed by atoms with Gasteiger partial charge in [-0.05, 0) is 18.6 Å². The fourth-order valence-electron chi connectivity index (χ4n) is 1.52. The van der Waals surface area contributed by atoms with E-state index < -0.39 is 0 Å². The lowest BCUT2D eigenvalue weighted by Crippen LogP contribution is -2.23. The normalized spacial score (nSPS) is 14.5. The quantitative estimate of drug-likeness (QED) is 0.829. The van der Waals surface area contributed by atoms with E-state index in [1.165, 1.54) is 0 Å². The molecular weight excluding hydrogens is 234 g/mol. The zero-order valence-corrected chi connectivity index (χ0v) is 10.6. The first-order valence-corrected chi connectivity index (χ1v) is 6.22. The third-order valence-corrected chi connectivity index (χ3v) is 3.93. The smallest absolute Gasteiger partial charge is 0.191 e. The van der Waals surface area contributed by atoms with Gasteiger partial charge in [-0.15, -0.1) is 10.2 Å². The van der Waals surface area contributed by atoms with E-state index in [-0.39, 0.29) is 11.3 Å². The van der Waals surface area contributed by atoms with Crippen LogP contribution >= 0.6 is 11.8 Å². The Hall–Kier alpha value is -1.40. The maximum absolute atomic E-state index is 6.03. The molecule has 0 saturated heterocycles. The molecule has 2 aromatic heterocycles. The van der Waals surface area contributed by atoms with E-state index in [4.69, 9.17) is 5.73 Å². The van der Waals surface area contributed by atoms with Crippen LogP contribution in [0.4, 0.5) is 0 Å². The minimum atomic E-state index is 0.0147. The lowest BCUT2D eigenvalue weighted by Gasteiger charge is -2.19. The van der Waals surface area contributed by atoms with Gasteiger partial charge in [0.25, 0.3) is 0 Å². The number of thioether (sulfide) groups is 1. The molecule has 0 aliphatic rings. The van der Waals surface area contributed by atoms with Crippen LogP contribution in [0.1, 0.15) is 17.7 Å². The van der Waals surface area contributed by atoms with Crippen LogP contribution in [0.3, 0.4) is 0 Å². The Balaban J connectivity index is 2.22. The lowest BCUT2D eigenvalue weighted by atomic mass is 10.1. The number of pyridine rings is 1. The molecule has 6 heteroatoms. The number of hydrogen-bond acceptors (Lipinski definition) is 5. The second-order valence-electron chi connectivity index (χ2n) is 3.91. The molecule has 0 radical (unpaired) electrons. The van der Waals surface area contributed by atoms with Crippen LogP contribution in [0.5, 0.6) is 0 Å². The van der Waals surface area contributed by atoms with Crippen LogP contribution in [-0.4, -0.2) is 25.8 Å². The van der Waals surface area contributed by atoms with Crippen LogP contribution in [0.2, 0.25) is 0 Å². The van der Waals surface area contributed by atoms with Gasteiger partial charge in [0.2, 0.25) is 0 Å². The molecule has 2 unspecified atom stereocenters. The van der Waals surface area contributed by atoms with Crippen LogP contribution in [0, 0.1) is 0 Å². The van der Waals surface area contributed by atoms with Crippen molar-refractivity contribution in [1.29, 1.82) is 0 Å². The van der Waals surface area contributed by atoms with Crippen LogP contribution in [0.15, 0.2) is 36.0 Å². The predicted octanol–water partition coefficient (Wildman–Crippen LogP) is 1.39. The molecule has 0 spiro atoms. The molecule has 0 aliphatic heterocycles. The topological polar surface area (TPSA) is 69.6 Å². The van der Waals surface area contributed by atoms with Crippen molar-refractivity contribution in [3.05, 3.63) is 36.4 Å². The SMILES string of the molecule is CC(N)C(Sc1nncn1C)c1cccnc1. The van der Waals surface area contributed by atoms with Crippen molar-refractivity contribution in [1.82, 2.24) is 19.7 Å². The summed E-state index contributed by atoms with van der Waals surface area (Å²) in [4.78, 5) is 4.13. The minimum Gasteiger partial charge on any atom is -0.327 e. The van der Waals surface area contributed by atoms with Gasteiger partial charge in [0, 0.05) is 25.5 Å². The second-order valence-corrected chi connectivity index (χ2v) is 5.02. The van der Waals surface area contributed by atoms with Crippen molar-refractivity contribution in [2.45, 2.75) is 23.4 Å². The van der Waals surface area contributed by atoms with Crippen molar-refractivity contribution in [3.63, 3.8) is 0 Å². The van der Waals surface area contributed by atoms with Gasteiger partial charge in [-0.3, -0.25) is 4.98 Å². The number of hydrogen-bond donors (Lipinski definition) is 1. The molecule has 5 nitrogen and oxygen atoms in total. The summed E-state index contributed by atoms with van der Waals surface area (Å²) >= 11 is 1.61. The van der Waals surface area contributed by atoms with Crippen LogP contribution < -0.4 is 5.73 Å². The van der Waals surface area contributed by atoms with Gasteiger partial charge in [-0.25, -0.2) is 0 Å². The Morgan fingerprint density at radius 1 is 1.47 bits per heavy atom. The maximum atomic E-state index is 6.03. The summed E-state index contributed by atoms with van der Waals surface area (Å²) in [5, 5.41) is 8.92. The zero-order chi connectivity index (χ0) is 12.3. The Bertz CT molecular complexity index is 468. The number of rotatable bonds is 4. The van der Waals surface area contributed by atoms with E-state index in [0.717, 1.165) is 10.7 Å². The van der Waals surface area contributed by atoms with Gasteiger partial charge in [0.15, 0.2) is 5.16 Å². The first-order chi connectivity index (χ1) is 8.18. The lowest BCUT2D eigenvalue weighted by molar-refractivity contribution is 0.707. The molecule has 2 N–H and O–H groups in total. The van der Waals surface area contributed by atoms with Gasteiger partial charge in [0.05, 0.1) is 5.25 Å². The standard InChI is InChI=1S/C11H15N5S/c1-8(12)10(9-4-3-5-13-6-9)17-11-15-14-7-16(11)2/h3-8,10H,12H2,1-2H3. The summed E-state index contributed by atoms with van der Waals surface area (Å²) in [5.41, 5.74) is 7.14. The first kappa shape index (κ1) is 12.1. The fourth-order valence-corrected chi connectivity index (χ4v) is 2.54. The third-order valence-electron chi connectivity index (χ3n) is 2.39. The molecule has 0 saturated carbocycles. The summed E-state index contributed by atoms with van der Waals surface area (Å²) in [7, 11) is 1.92. The molecular formula is C11H15N5S. The van der Waals surface area contributed by atoms with E-state index in [2.05, 4.69) is 15.2 Å². The first-order valence-electron chi connectivity index (χ1n) is 5.34. The Kier molecular flexibility index (Phi) is 3.75. The summed E-state index contributed by atoms with van der Waals surface area (Å²) in [6, 6.07) is 3.97. The Morgan fingerprint density at radius 2 is 2.29 bits per heavy atom. The average Bonchev–Trinajstić information content (AvgIpc) is 2.72. The summed E-state index contributed by atoms with van der Waals surface area (Å²) < 4.78 is 1.89. The van der Waals surface area contributed by atoms with Crippen LogP contribution in [0.25, 0.3) is 0 Å². The molecule has 0 aromatic carbocycles. The molecule has 90 valence electrons. The fraction of sp³-hybridized carbons (Fsp3) is 0.364. The number of aromatic nitrogens is 4. The molecule has 2 heterocycles. The highest BCUT2D eigenvalue weighted by Gasteiger charge is 2.20. The molecule has 2 aromatic rings. The molecule has 0 fully saturated rings. The average molecular weight is 249 g/mol. The monoisotopic (exact) mass is 249 g/mol. The molecule has 2 atom stereocenters. The molecule has 0 aliphatic carbocycles. The molecule has 17 heavy (non-hydrogen) atoms. The van der Waals surface area contributed by atoms with E-state index >= 15 is 0 Å². The van der Waals surface area contributed by atoms with Crippen molar-refractivity contribution in [2.75, 3.05) is 0 Å². The van der Waals surface area contributed by atoms with Crippen molar-refractivity contribution < 1.29 is 0 Å². The molecule has 2 rings (SSSR count). The largest absolute Gasteiger partial charge is 0.327 e. The van der Waals surface area contributed by atoms with Crippen molar-refractivity contribution >= 4 is 11.8 Å². The van der Waals surface area contributed by atoms with Crippen LogP contribution in [-0.2, 0) is 7.05 Å². The number of nitrogens with two attached hydrogens (primary N) is 1. The van der Waals surface area contributed by atoms with E-state index in [1.54, 1.807) is 24.3 Å². The van der Waals surface area contributed by atoms with Gasteiger partial charge in [0.1, 0.15) is 6.33 Å². The third kappa shape index (κ3) is 2.83. The zero-order valence-electron chi connectivity index (χ0n) is 9.82. The predicted molar refractivity (Wildman–Crippen MR) is 67.5 cm³/mol. The van der Waals surface area contributed by atoms with Crippen molar-refractivity contribution in [3.8, 4) is 0 Å². The maximum Gasteiger partial charge on any atom is 0.191 e. The van der Waals surface area contributed by atoms with Crippen molar-refractivity contribution in [2.24, 2.45) is 12.8 Å². The highest BCUT2D eigenvalue weighted by molar-refractivity contribution is 7.99. The molecule has 0 amide bonds. The van der Waals surface area contributed by atoms with E-state index in [1.807, 2.05) is 36.9 Å². The van der Waals surface area contributed by atoms with Gasteiger partial charge in [-0.1, -0.05) is 17.8 Å². The Morgan fingerprint density at radius 3 is 2.82 bits per heavy atom. The minimum absolute atomic E-state index is 0.0147. The summed E-state index contributed by atoms with van der Waals surface area (Å²) in [5.74, 6) is 0. The summed E-state index contributed by atoms with van der Waals surface area (Å²) in [6.45, 7) is 1.99. The highest BCUT2D eigenvalue weighted by atomic mass is 32.2. The number of nitrogens with zero attached hydrogens (tertiary/aromatic N) is 4. The van der Waals surface area contributed by atoms with Gasteiger partial charge < -0.3 is 10.3 Å². The Labute approximate surface area is 104 Å². The summed E-state index contributed by atoms with van der Waals surface area (Å²) in [6.07, 6.45) is 5.29. The highest BCUT2D eigenvalue weighted by Crippen LogP contribution is 2.35. The van der Waals surface area contributed by atoms with E-state index in [9.17, 15) is 0 Å². The number of aryl methyl sites for hydroxylation is 1. The second kappa shape index (κ2) is 5.29. The molecule has 0 bridgehead atoms. The van der Waals surface area contributed by atoms with E-state index in [0.29, 0.717) is 0 Å². The van der Waals surface area contributed by atoms with Gasteiger partial charge in [-0.2, -0.15) is 0 Å². The van der Waals surface area contributed by atoms with Gasteiger partial charge >= 0.3 is 0 Å².